The lowest BCUT2D eigenvalue weighted by Gasteiger charge is -2.29. The second-order valence-corrected chi connectivity index (χ2v) is 5.18. The SMILES string of the molecule is N[C@@H](c1c(Cl)ccc(Cl)c1F)C1CCNCC1. The van der Waals surface area contributed by atoms with Crippen molar-refractivity contribution in [2.24, 2.45) is 11.7 Å². The van der Waals surface area contributed by atoms with Crippen LogP contribution in [0.3, 0.4) is 0 Å². The number of piperidine rings is 1. The summed E-state index contributed by atoms with van der Waals surface area (Å²) < 4.78 is 14.0. The van der Waals surface area contributed by atoms with Gasteiger partial charge in [0.1, 0.15) is 5.82 Å². The summed E-state index contributed by atoms with van der Waals surface area (Å²) in [6.45, 7) is 1.83. The summed E-state index contributed by atoms with van der Waals surface area (Å²) in [7, 11) is 0. The maximum absolute atomic E-state index is 14.0. The summed E-state index contributed by atoms with van der Waals surface area (Å²) in [5.74, 6) is -0.230. The topological polar surface area (TPSA) is 38.0 Å². The van der Waals surface area contributed by atoms with Gasteiger partial charge in [-0.05, 0) is 44.0 Å². The maximum atomic E-state index is 14.0. The second kappa shape index (κ2) is 5.53. The number of hydrogen-bond acceptors (Lipinski definition) is 2. The van der Waals surface area contributed by atoms with Crippen LogP contribution in [0.15, 0.2) is 12.1 Å². The lowest BCUT2D eigenvalue weighted by Crippen LogP contribution is -2.34. The minimum absolute atomic E-state index is 0.0776. The number of halogens is 3. The Bertz CT molecular complexity index is 406. The lowest BCUT2D eigenvalue weighted by molar-refractivity contribution is 0.317. The van der Waals surface area contributed by atoms with Crippen molar-refractivity contribution in [2.45, 2.75) is 18.9 Å². The number of rotatable bonds is 2. The van der Waals surface area contributed by atoms with Crippen LogP contribution in [0.25, 0.3) is 0 Å². The van der Waals surface area contributed by atoms with Gasteiger partial charge in [0.2, 0.25) is 0 Å². The quantitative estimate of drug-likeness (QED) is 0.815. The molecule has 1 heterocycles. The van der Waals surface area contributed by atoms with Gasteiger partial charge >= 0.3 is 0 Å². The van der Waals surface area contributed by atoms with E-state index in [2.05, 4.69) is 5.32 Å². The Balaban J connectivity index is 2.29. The molecule has 0 saturated carbocycles. The van der Waals surface area contributed by atoms with Gasteiger partial charge in [0.15, 0.2) is 0 Å². The monoisotopic (exact) mass is 276 g/mol. The summed E-state index contributed by atoms with van der Waals surface area (Å²) >= 11 is 11.8. The van der Waals surface area contributed by atoms with Crippen LogP contribution in [0.4, 0.5) is 4.39 Å². The van der Waals surface area contributed by atoms with Crippen LogP contribution in [0.5, 0.6) is 0 Å². The number of nitrogens with one attached hydrogen (secondary N) is 1. The van der Waals surface area contributed by atoms with Gasteiger partial charge in [-0.25, -0.2) is 4.39 Å². The Morgan fingerprint density at radius 2 is 1.82 bits per heavy atom. The highest BCUT2D eigenvalue weighted by atomic mass is 35.5. The van der Waals surface area contributed by atoms with E-state index in [4.69, 9.17) is 28.9 Å². The molecule has 1 aliphatic rings. The van der Waals surface area contributed by atoms with Gasteiger partial charge in [0.05, 0.1) is 5.02 Å². The number of benzene rings is 1. The molecule has 5 heteroatoms. The third kappa shape index (κ3) is 2.74. The predicted octanol–water partition coefficient (Wildman–Crippen LogP) is 3.13. The van der Waals surface area contributed by atoms with Crippen molar-refractivity contribution in [2.75, 3.05) is 13.1 Å². The normalized spacial score (nSPS) is 19.3. The van der Waals surface area contributed by atoms with Crippen molar-refractivity contribution in [3.63, 3.8) is 0 Å². The smallest absolute Gasteiger partial charge is 0.148 e. The van der Waals surface area contributed by atoms with Gasteiger partial charge in [-0.3, -0.25) is 0 Å². The molecule has 94 valence electrons. The van der Waals surface area contributed by atoms with Gasteiger partial charge in [-0.2, -0.15) is 0 Å². The first kappa shape index (κ1) is 13.1. The van der Waals surface area contributed by atoms with E-state index in [1.54, 1.807) is 6.07 Å². The molecule has 1 fully saturated rings. The number of nitrogens with two attached hydrogens (primary N) is 1. The van der Waals surface area contributed by atoms with E-state index in [1.165, 1.54) is 6.07 Å². The summed E-state index contributed by atoms with van der Waals surface area (Å²) in [6.07, 6.45) is 1.87. The maximum Gasteiger partial charge on any atom is 0.148 e. The minimum atomic E-state index is -0.481. The average molecular weight is 277 g/mol. The first-order valence-corrected chi connectivity index (χ1v) is 6.46. The molecule has 1 aromatic carbocycles. The molecule has 1 aliphatic heterocycles. The van der Waals surface area contributed by atoms with E-state index in [9.17, 15) is 4.39 Å². The average Bonchev–Trinajstić information content (AvgIpc) is 2.35. The summed E-state index contributed by atoms with van der Waals surface area (Å²) in [6, 6.07) is 2.67. The molecule has 0 amide bonds. The first-order chi connectivity index (χ1) is 8.11. The van der Waals surface area contributed by atoms with Crippen LogP contribution in [-0.4, -0.2) is 13.1 Å². The van der Waals surface area contributed by atoms with Crippen LogP contribution < -0.4 is 11.1 Å². The first-order valence-electron chi connectivity index (χ1n) is 5.71. The zero-order valence-electron chi connectivity index (χ0n) is 9.35. The van der Waals surface area contributed by atoms with Crippen molar-refractivity contribution in [3.05, 3.63) is 33.6 Å². The molecule has 3 N–H and O–H groups in total. The van der Waals surface area contributed by atoms with E-state index in [0.717, 1.165) is 25.9 Å². The van der Waals surface area contributed by atoms with Crippen LogP contribution in [-0.2, 0) is 0 Å². The Morgan fingerprint density at radius 1 is 1.24 bits per heavy atom. The van der Waals surface area contributed by atoms with E-state index < -0.39 is 5.82 Å². The predicted molar refractivity (Wildman–Crippen MR) is 68.9 cm³/mol. The fraction of sp³-hybridized carbons (Fsp3) is 0.500. The van der Waals surface area contributed by atoms with Gasteiger partial charge in [-0.15, -0.1) is 0 Å². The largest absolute Gasteiger partial charge is 0.324 e. The molecular weight excluding hydrogens is 262 g/mol. The van der Waals surface area contributed by atoms with E-state index in [1.807, 2.05) is 0 Å². The van der Waals surface area contributed by atoms with E-state index in [-0.39, 0.29) is 17.0 Å². The highest BCUT2D eigenvalue weighted by Gasteiger charge is 2.26. The van der Waals surface area contributed by atoms with Crippen LogP contribution in [0.2, 0.25) is 10.0 Å². The third-order valence-corrected chi connectivity index (χ3v) is 3.93. The molecule has 0 aromatic heterocycles. The summed E-state index contributed by atoms with van der Waals surface area (Å²) in [5, 5.41) is 3.69. The molecule has 1 atom stereocenters. The molecule has 0 aliphatic carbocycles. The third-order valence-electron chi connectivity index (χ3n) is 3.30. The van der Waals surface area contributed by atoms with Crippen LogP contribution >= 0.6 is 23.2 Å². The molecule has 2 rings (SSSR count). The molecule has 0 bridgehead atoms. The van der Waals surface area contributed by atoms with Crippen molar-refractivity contribution in [3.8, 4) is 0 Å². The van der Waals surface area contributed by atoms with Gasteiger partial charge in [0, 0.05) is 16.6 Å². The standard InChI is InChI=1S/C12H15Cl2FN2/c13-8-1-2-9(14)11(15)10(8)12(16)7-3-5-17-6-4-7/h1-2,7,12,17H,3-6,16H2/t12-/m1/s1. The highest BCUT2D eigenvalue weighted by molar-refractivity contribution is 6.33. The second-order valence-electron chi connectivity index (χ2n) is 4.37. The zero-order chi connectivity index (χ0) is 12.4. The molecule has 0 spiro atoms. The van der Waals surface area contributed by atoms with E-state index >= 15 is 0 Å². The van der Waals surface area contributed by atoms with Crippen molar-refractivity contribution < 1.29 is 4.39 Å². The van der Waals surface area contributed by atoms with E-state index in [0.29, 0.717) is 10.6 Å². The van der Waals surface area contributed by atoms with Crippen LogP contribution in [0.1, 0.15) is 24.4 Å². The zero-order valence-corrected chi connectivity index (χ0v) is 10.9. The number of hydrogen-bond donors (Lipinski definition) is 2. The van der Waals surface area contributed by atoms with Gasteiger partial charge in [0.25, 0.3) is 0 Å². The van der Waals surface area contributed by atoms with Crippen LogP contribution in [0, 0.1) is 11.7 Å². The van der Waals surface area contributed by atoms with Crippen molar-refractivity contribution in [1.29, 1.82) is 0 Å². The minimum Gasteiger partial charge on any atom is -0.324 e. The van der Waals surface area contributed by atoms with Gasteiger partial charge in [-0.1, -0.05) is 23.2 Å². The fourth-order valence-corrected chi connectivity index (χ4v) is 2.72. The summed E-state index contributed by atoms with van der Waals surface area (Å²) in [4.78, 5) is 0. The molecular formula is C12H15Cl2FN2. The Hall–Kier alpha value is -0.350. The Labute approximate surface area is 110 Å². The molecule has 2 nitrogen and oxygen atoms in total. The highest BCUT2D eigenvalue weighted by Crippen LogP contribution is 2.35. The van der Waals surface area contributed by atoms with Crippen molar-refractivity contribution in [1.82, 2.24) is 5.32 Å². The molecule has 1 aromatic rings. The summed E-state index contributed by atoms with van der Waals surface area (Å²) in [5.41, 5.74) is 6.48. The molecule has 0 unspecified atom stereocenters. The van der Waals surface area contributed by atoms with Gasteiger partial charge < -0.3 is 11.1 Å². The molecule has 17 heavy (non-hydrogen) atoms. The Morgan fingerprint density at radius 3 is 2.47 bits per heavy atom. The molecule has 0 radical (unpaired) electrons. The Kier molecular flexibility index (Phi) is 4.26. The lowest BCUT2D eigenvalue weighted by atomic mass is 9.86. The van der Waals surface area contributed by atoms with Crippen molar-refractivity contribution >= 4 is 23.2 Å². The fourth-order valence-electron chi connectivity index (χ4n) is 2.29. The molecule has 1 saturated heterocycles.